The maximum absolute atomic E-state index is 13.4. The number of aliphatic hydroxyl groups excluding tert-OH is 2. The van der Waals surface area contributed by atoms with Crippen LogP contribution >= 0.6 is 13.8 Å². The molecule has 26 heteroatoms. The number of aromatic amines is 2. The van der Waals surface area contributed by atoms with Gasteiger partial charge in [-0.3, -0.25) is 33.3 Å². The first-order valence-corrected chi connectivity index (χ1v) is 17.6. The Kier molecular flexibility index (Phi) is 7.76. The molecule has 0 amide bonds. The fourth-order valence-corrected chi connectivity index (χ4v) is 7.95. The Bertz CT molecular complexity index is 1920. The van der Waals surface area contributed by atoms with Gasteiger partial charge in [0.2, 0.25) is 19.5 Å². The molecule has 3 fully saturated rings. The van der Waals surface area contributed by atoms with Crippen LogP contribution in [0.2, 0.25) is 0 Å². The zero-order valence-corrected chi connectivity index (χ0v) is 25.7. The summed E-state index contributed by atoms with van der Waals surface area (Å²) in [5.74, 6) is -0.427. The van der Waals surface area contributed by atoms with Crippen molar-refractivity contribution in [2.75, 3.05) is 24.7 Å². The highest BCUT2D eigenvalue weighted by atomic mass is 32.4. The Balaban J connectivity index is 1.18. The lowest BCUT2D eigenvalue weighted by Crippen LogP contribution is -2.39. The summed E-state index contributed by atoms with van der Waals surface area (Å²) >= 11 is 5.41. The molecule has 3 aliphatic rings. The molecule has 0 bridgehead atoms. The third-order valence-electron chi connectivity index (χ3n) is 7.44. The van der Waals surface area contributed by atoms with Crippen molar-refractivity contribution in [3.05, 3.63) is 33.4 Å². The Labute approximate surface area is 263 Å². The van der Waals surface area contributed by atoms with Crippen LogP contribution in [-0.4, -0.2) is 114 Å². The van der Waals surface area contributed by atoms with Crippen molar-refractivity contribution in [1.82, 2.24) is 39.0 Å². The maximum Gasteiger partial charge on any atom is 0.280 e. The summed E-state index contributed by atoms with van der Waals surface area (Å²) in [6, 6.07) is 0. The fraction of sp³-hybridized carbons (Fsp3) is 0.500. The van der Waals surface area contributed by atoms with Crippen LogP contribution < -0.4 is 22.6 Å². The molecule has 3 saturated heterocycles. The third kappa shape index (κ3) is 5.52. The normalized spacial score (nSPS) is 37.1. The minimum absolute atomic E-state index is 0.0125. The second kappa shape index (κ2) is 11.3. The molecule has 10 atom stereocenters. The number of aromatic nitrogens is 8. The molecule has 3 aliphatic heterocycles. The van der Waals surface area contributed by atoms with Gasteiger partial charge in [-0.2, -0.15) is 9.97 Å². The van der Waals surface area contributed by atoms with Gasteiger partial charge in [-0.15, -0.1) is 0 Å². The van der Waals surface area contributed by atoms with Crippen LogP contribution in [-0.2, 0) is 43.9 Å². The largest absolute Gasteiger partial charge is 0.386 e. The zero-order chi connectivity index (χ0) is 32.7. The van der Waals surface area contributed by atoms with Crippen molar-refractivity contribution >= 4 is 75.0 Å². The van der Waals surface area contributed by atoms with Crippen molar-refractivity contribution in [2.45, 2.75) is 49.1 Å². The van der Waals surface area contributed by atoms with Crippen LogP contribution in [0.3, 0.4) is 0 Å². The van der Waals surface area contributed by atoms with E-state index in [9.17, 15) is 24.4 Å². The lowest BCUT2D eigenvalue weighted by Gasteiger charge is -2.31. The van der Waals surface area contributed by atoms with E-state index in [1.54, 1.807) is 0 Å². The van der Waals surface area contributed by atoms with Crippen molar-refractivity contribution < 1.29 is 42.3 Å². The van der Waals surface area contributed by atoms with Gasteiger partial charge in [-0.05, 0) is 11.8 Å². The van der Waals surface area contributed by atoms with Crippen LogP contribution in [0.25, 0.3) is 22.3 Å². The highest BCUT2D eigenvalue weighted by Gasteiger charge is 2.52. The highest BCUT2D eigenvalue weighted by molar-refractivity contribution is 8.21. The van der Waals surface area contributed by atoms with Crippen LogP contribution in [0.1, 0.15) is 12.5 Å². The SMILES string of the molecule is [B]P1(=O)OC[C@H]2O[C@@H](n3cnc4c(=O)[nH]c(N)nc43)[C@@H](O)C2OP([B])(=S)OC[C@H]2O[C@@H](n3cnc4c(=O)[nH]c(N)nc43)[C@@H](O)C2O1. The lowest BCUT2D eigenvalue weighted by atomic mass is 10.1. The van der Waals surface area contributed by atoms with Gasteiger partial charge in [-0.1, -0.05) is 0 Å². The predicted octanol–water partition coefficient (Wildman–Crippen LogP) is -2.58. The summed E-state index contributed by atoms with van der Waals surface area (Å²) in [5, 5.41) is 22.6. The van der Waals surface area contributed by atoms with E-state index in [1.807, 2.05) is 0 Å². The molecule has 0 aliphatic carbocycles. The Morgan fingerprint density at radius 3 is 1.80 bits per heavy atom. The number of nitrogens with zero attached hydrogens (tertiary/aromatic N) is 6. The first kappa shape index (κ1) is 31.6. The molecule has 0 saturated carbocycles. The molecule has 7 rings (SSSR count). The number of aliphatic hydroxyl groups is 2. The number of hydrogen-bond donors (Lipinski definition) is 6. The number of H-pyrrole nitrogens is 2. The van der Waals surface area contributed by atoms with Crippen LogP contribution in [0.15, 0.2) is 22.2 Å². The summed E-state index contributed by atoms with van der Waals surface area (Å²) in [4.78, 5) is 45.3. The maximum atomic E-state index is 13.4. The fourth-order valence-electron chi connectivity index (χ4n) is 5.44. The summed E-state index contributed by atoms with van der Waals surface area (Å²) < 4.78 is 50.4. The molecule has 7 heterocycles. The molecule has 8 N–H and O–H groups in total. The molecule has 0 spiro atoms. The van der Waals surface area contributed by atoms with E-state index >= 15 is 0 Å². The van der Waals surface area contributed by atoms with E-state index < -0.39 is 87.3 Å². The minimum Gasteiger partial charge on any atom is -0.386 e. The number of nitrogens with one attached hydrogen (secondary N) is 2. The van der Waals surface area contributed by atoms with Crippen molar-refractivity contribution in [3.63, 3.8) is 0 Å². The zero-order valence-electron chi connectivity index (χ0n) is 23.1. The van der Waals surface area contributed by atoms with Gasteiger partial charge in [0.05, 0.1) is 25.9 Å². The Morgan fingerprint density at radius 1 is 0.848 bits per heavy atom. The second-order valence-corrected chi connectivity index (χ2v) is 15.1. The number of nitrogens with two attached hydrogens (primary N) is 2. The first-order chi connectivity index (χ1) is 21.7. The topological polar surface area (TPSA) is 292 Å². The molecule has 0 aromatic carbocycles. The summed E-state index contributed by atoms with van der Waals surface area (Å²) in [6.45, 7) is -1.08. The smallest absolute Gasteiger partial charge is 0.280 e. The van der Waals surface area contributed by atoms with Gasteiger partial charge in [-0.25, -0.2) is 9.97 Å². The highest BCUT2D eigenvalue weighted by Crippen LogP contribution is 2.53. The third-order valence-corrected chi connectivity index (χ3v) is 10.1. The summed E-state index contributed by atoms with van der Waals surface area (Å²) in [6.07, 6.45) is -12.4. The quantitative estimate of drug-likeness (QED) is 0.0928. The summed E-state index contributed by atoms with van der Waals surface area (Å²) in [7, 11) is 7.64. The van der Waals surface area contributed by atoms with Gasteiger partial charge in [0.15, 0.2) is 42.3 Å². The number of rotatable bonds is 2. The molecule has 4 radical (unpaired) electrons. The molecular weight excluding hydrogens is 672 g/mol. The molecular formula is C20H22B2N10O11P2S. The van der Waals surface area contributed by atoms with E-state index in [1.165, 1.54) is 21.8 Å². The summed E-state index contributed by atoms with van der Waals surface area (Å²) in [5.41, 5.74) is 9.89. The lowest BCUT2D eigenvalue weighted by molar-refractivity contribution is -0.0547. The van der Waals surface area contributed by atoms with Crippen molar-refractivity contribution in [3.8, 4) is 0 Å². The van der Waals surface area contributed by atoms with Gasteiger partial charge in [0.25, 0.3) is 18.6 Å². The number of anilines is 2. The van der Waals surface area contributed by atoms with Crippen LogP contribution in [0.5, 0.6) is 0 Å². The van der Waals surface area contributed by atoms with E-state index in [0.29, 0.717) is 0 Å². The average molecular weight is 694 g/mol. The number of imidazole rings is 2. The Hall–Kier alpha value is -3.01. The molecule has 4 unspecified atom stereocenters. The first-order valence-electron chi connectivity index (χ1n) is 13.3. The molecule has 4 aromatic heterocycles. The van der Waals surface area contributed by atoms with E-state index in [0.717, 1.165) is 0 Å². The number of nitrogen functional groups attached to an aromatic ring is 2. The van der Waals surface area contributed by atoms with E-state index in [4.69, 9.17) is 66.0 Å². The van der Waals surface area contributed by atoms with Gasteiger partial charge >= 0.3 is 0 Å². The van der Waals surface area contributed by atoms with Crippen molar-refractivity contribution in [2.24, 2.45) is 0 Å². The number of fused-ring (bicyclic) bond motifs is 4. The molecule has 21 nitrogen and oxygen atoms in total. The van der Waals surface area contributed by atoms with Gasteiger partial charge in [0, 0.05) is 0 Å². The number of hydrogen-bond acceptors (Lipinski definition) is 18. The second-order valence-electron chi connectivity index (χ2n) is 10.5. The van der Waals surface area contributed by atoms with Crippen molar-refractivity contribution in [1.29, 1.82) is 0 Å². The van der Waals surface area contributed by atoms with Crippen LogP contribution in [0, 0.1) is 0 Å². The Morgan fingerprint density at radius 2 is 1.30 bits per heavy atom. The van der Waals surface area contributed by atoms with Crippen LogP contribution in [0.4, 0.5) is 11.9 Å². The predicted molar refractivity (Wildman–Crippen MR) is 160 cm³/mol. The van der Waals surface area contributed by atoms with Gasteiger partial charge in [0.1, 0.15) is 43.0 Å². The number of ether oxygens (including phenoxy) is 2. The van der Waals surface area contributed by atoms with E-state index in [2.05, 4.69) is 29.9 Å². The monoisotopic (exact) mass is 694 g/mol. The molecule has 4 aromatic rings. The minimum atomic E-state index is -4.52. The standard InChI is InChI=1S/C20H22B2N10O11P2S/c21-44(37)38-1-5-12(10(34)18(40-5)32-4-26-8-14(32)28-20(24)30-16(8)36)43-45(22,46)39-2-6-11(42-44)9(33)17(41-6)31-3-25-7-13(31)27-19(23)29-15(7)35/h3-6,9-12,17-18,33-34H,1-2H2,(H3,23,27,29,35)(H3,24,28,30,36)/t5-,6-,9+,10+,11?,12?,17-,18-,44?,45?/m1/s1. The van der Waals surface area contributed by atoms with Gasteiger partial charge < -0.3 is 49.2 Å². The molecule has 240 valence electrons. The average Bonchev–Trinajstić information content (AvgIpc) is 3.72. The van der Waals surface area contributed by atoms with E-state index in [-0.39, 0.29) is 34.2 Å². The molecule has 46 heavy (non-hydrogen) atoms.